The van der Waals surface area contributed by atoms with Gasteiger partial charge in [0.15, 0.2) is 0 Å². The molecule has 1 fully saturated rings. The van der Waals surface area contributed by atoms with Gasteiger partial charge in [-0.15, -0.1) is 0 Å². The summed E-state index contributed by atoms with van der Waals surface area (Å²) in [4.78, 5) is 15.4. The summed E-state index contributed by atoms with van der Waals surface area (Å²) < 4.78 is 5.54. The SMILES string of the molecule is CN(C)C(CNC(=O)C1(c2ccccc2)CCOCC1)c1ccccc1. The van der Waals surface area contributed by atoms with Crippen molar-refractivity contribution in [3.8, 4) is 0 Å². The van der Waals surface area contributed by atoms with E-state index in [9.17, 15) is 4.79 Å². The van der Waals surface area contributed by atoms with Crippen LogP contribution in [0.3, 0.4) is 0 Å². The summed E-state index contributed by atoms with van der Waals surface area (Å²) in [6.07, 6.45) is 1.45. The average Bonchev–Trinajstić information content (AvgIpc) is 2.70. The van der Waals surface area contributed by atoms with Crippen LogP contribution in [0.5, 0.6) is 0 Å². The molecule has 1 aliphatic rings. The van der Waals surface area contributed by atoms with Crippen molar-refractivity contribution in [2.24, 2.45) is 0 Å². The third-order valence-electron chi connectivity index (χ3n) is 5.37. The monoisotopic (exact) mass is 352 g/mol. The summed E-state index contributed by atoms with van der Waals surface area (Å²) in [6.45, 7) is 1.83. The number of ether oxygens (including phenoxy) is 1. The molecule has 2 aromatic rings. The molecule has 0 saturated carbocycles. The van der Waals surface area contributed by atoms with E-state index in [1.807, 2.05) is 50.5 Å². The Kier molecular flexibility index (Phi) is 6.07. The molecule has 138 valence electrons. The van der Waals surface area contributed by atoms with E-state index in [1.165, 1.54) is 5.56 Å². The molecule has 26 heavy (non-hydrogen) atoms. The fraction of sp³-hybridized carbons (Fsp3) is 0.409. The number of hydrogen-bond donors (Lipinski definition) is 1. The van der Waals surface area contributed by atoms with Crippen LogP contribution in [0.2, 0.25) is 0 Å². The summed E-state index contributed by atoms with van der Waals surface area (Å²) in [7, 11) is 4.09. The zero-order chi connectivity index (χ0) is 18.4. The second kappa shape index (κ2) is 8.47. The lowest BCUT2D eigenvalue weighted by Crippen LogP contribution is -2.49. The molecular formula is C22H28N2O2. The second-order valence-electron chi connectivity index (χ2n) is 7.16. The highest BCUT2D eigenvalue weighted by molar-refractivity contribution is 5.88. The summed E-state index contributed by atoms with van der Waals surface area (Å²) >= 11 is 0. The molecule has 0 radical (unpaired) electrons. The van der Waals surface area contributed by atoms with Gasteiger partial charge in [0.05, 0.1) is 11.5 Å². The Bertz CT molecular complexity index is 695. The van der Waals surface area contributed by atoms with Crippen molar-refractivity contribution in [2.45, 2.75) is 24.3 Å². The Morgan fingerprint density at radius 3 is 2.19 bits per heavy atom. The Morgan fingerprint density at radius 2 is 1.62 bits per heavy atom. The predicted molar refractivity (Wildman–Crippen MR) is 104 cm³/mol. The average molecular weight is 352 g/mol. The van der Waals surface area contributed by atoms with Gasteiger partial charge in [0.25, 0.3) is 0 Å². The van der Waals surface area contributed by atoms with E-state index in [4.69, 9.17) is 4.74 Å². The van der Waals surface area contributed by atoms with Gasteiger partial charge in [-0.2, -0.15) is 0 Å². The molecule has 4 heteroatoms. The number of rotatable bonds is 6. The van der Waals surface area contributed by atoms with Gasteiger partial charge in [-0.05, 0) is 38.1 Å². The molecule has 0 aliphatic carbocycles. The summed E-state index contributed by atoms with van der Waals surface area (Å²) in [5, 5.41) is 3.24. The maximum atomic E-state index is 13.3. The molecule has 1 amide bonds. The molecule has 1 saturated heterocycles. The fourth-order valence-electron chi connectivity index (χ4n) is 3.76. The lowest BCUT2D eigenvalue weighted by molar-refractivity contribution is -0.130. The first-order chi connectivity index (χ1) is 12.6. The van der Waals surface area contributed by atoms with E-state index in [-0.39, 0.29) is 11.9 Å². The van der Waals surface area contributed by atoms with Crippen molar-refractivity contribution in [3.63, 3.8) is 0 Å². The van der Waals surface area contributed by atoms with Crippen LogP contribution >= 0.6 is 0 Å². The normalized spacial score (nSPS) is 17.7. The third-order valence-corrected chi connectivity index (χ3v) is 5.37. The molecule has 3 rings (SSSR count). The summed E-state index contributed by atoms with van der Waals surface area (Å²) in [5.74, 6) is 0.106. The van der Waals surface area contributed by atoms with Crippen LogP contribution in [-0.2, 0) is 14.9 Å². The first-order valence-corrected chi connectivity index (χ1v) is 9.26. The summed E-state index contributed by atoms with van der Waals surface area (Å²) in [5.41, 5.74) is 1.80. The molecule has 0 bridgehead atoms. The highest BCUT2D eigenvalue weighted by Crippen LogP contribution is 2.35. The van der Waals surface area contributed by atoms with Gasteiger partial charge in [0, 0.05) is 19.8 Å². The Morgan fingerprint density at radius 1 is 1.04 bits per heavy atom. The second-order valence-corrected chi connectivity index (χ2v) is 7.16. The van der Waals surface area contributed by atoms with Crippen LogP contribution in [0, 0.1) is 0 Å². The van der Waals surface area contributed by atoms with Gasteiger partial charge in [-0.3, -0.25) is 4.79 Å². The van der Waals surface area contributed by atoms with Crippen LogP contribution in [0.25, 0.3) is 0 Å². The minimum Gasteiger partial charge on any atom is -0.381 e. The van der Waals surface area contributed by atoms with Crippen molar-refractivity contribution >= 4 is 5.91 Å². The maximum absolute atomic E-state index is 13.3. The van der Waals surface area contributed by atoms with E-state index in [0.29, 0.717) is 19.8 Å². The first kappa shape index (κ1) is 18.6. The number of nitrogens with one attached hydrogen (secondary N) is 1. The number of nitrogens with zero attached hydrogens (tertiary/aromatic N) is 1. The van der Waals surface area contributed by atoms with Crippen molar-refractivity contribution in [3.05, 3.63) is 71.8 Å². The third kappa shape index (κ3) is 3.97. The lowest BCUT2D eigenvalue weighted by atomic mass is 9.73. The van der Waals surface area contributed by atoms with E-state index in [0.717, 1.165) is 18.4 Å². The quantitative estimate of drug-likeness (QED) is 0.868. The molecule has 1 aliphatic heterocycles. The van der Waals surface area contributed by atoms with Crippen molar-refractivity contribution in [2.75, 3.05) is 33.9 Å². The van der Waals surface area contributed by atoms with Gasteiger partial charge in [-0.25, -0.2) is 0 Å². The molecule has 1 heterocycles. The molecule has 0 spiro atoms. The van der Waals surface area contributed by atoms with Gasteiger partial charge in [0.1, 0.15) is 0 Å². The Labute approximate surface area is 156 Å². The number of carbonyl (C=O) groups excluding carboxylic acids is 1. The number of likely N-dealkylation sites (N-methyl/N-ethyl adjacent to an activating group) is 1. The maximum Gasteiger partial charge on any atom is 0.230 e. The highest BCUT2D eigenvalue weighted by Gasteiger charge is 2.41. The zero-order valence-electron chi connectivity index (χ0n) is 15.7. The van der Waals surface area contributed by atoms with Crippen LogP contribution < -0.4 is 5.32 Å². The topological polar surface area (TPSA) is 41.6 Å². The summed E-state index contributed by atoms with van der Waals surface area (Å²) in [6, 6.07) is 20.6. The number of amides is 1. The van der Waals surface area contributed by atoms with E-state index in [2.05, 4.69) is 34.5 Å². The van der Waals surface area contributed by atoms with Crippen molar-refractivity contribution in [1.82, 2.24) is 10.2 Å². The fourth-order valence-corrected chi connectivity index (χ4v) is 3.76. The predicted octanol–water partition coefficient (Wildman–Crippen LogP) is 3.15. The van der Waals surface area contributed by atoms with Crippen LogP contribution in [0.4, 0.5) is 0 Å². The molecular weight excluding hydrogens is 324 g/mol. The van der Waals surface area contributed by atoms with Gasteiger partial charge < -0.3 is 15.0 Å². The minimum absolute atomic E-state index is 0.106. The molecule has 4 nitrogen and oxygen atoms in total. The first-order valence-electron chi connectivity index (χ1n) is 9.26. The Balaban J connectivity index is 1.78. The van der Waals surface area contributed by atoms with Crippen molar-refractivity contribution in [1.29, 1.82) is 0 Å². The standard InChI is InChI=1S/C22H28N2O2/c1-24(2)20(18-9-5-3-6-10-18)17-23-21(25)22(13-15-26-16-14-22)19-11-7-4-8-12-19/h3-12,20H,13-17H2,1-2H3,(H,23,25). The van der Waals surface area contributed by atoms with Crippen LogP contribution in [-0.4, -0.2) is 44.7 Å². The highest BCUT2D eigenvalue weighted by atomic mass is 16.5. The zero-order valence-corrected chi connectivity index (χ0v) is 15.7. The number of benzene rings is 2. The molecule has 2 aromatic carbocycles. The van der Waals surface area contributed by atoms with Gasteiger partial charge in [-0.1, -0.05) is 60.7 Å². The van der Waals surface area contributed by atoms with E-state index < -0.39 is 5.41 Å². The number of hydrogen-bond acceptors (Lipinski definition) is 3. The Hall–Kier alpha value is -2.17. The van der Waals surface area contributed by atoms with E-state index >= 15 is 0 Å². The molecule has 1 unspecified atom stereocenters. The largest absolute Gasteiger partial charge is 0.381 e. The van der Waals surface area contributed by atoms with Crippen molar-refractivity contribution < 1.29 is 9.53 Å². The smallest absolute Gasteiger partial charge is 0.230 e. The van der Waals surface area contributed by atoms with E-state index in [1.54, 1.807) is 0 Å². The number of carbonyl (C=O) groups is 1. The lowest BCUT2D eigenvalue weighted by Gasteiger charge is -2.37. The molecule has 1 N–H and O–H groups in total. The van der Waals surface area contributed by atoms with Gasteiger partial charge in [0.2, 0.25) is 5.91 Å². The minimum atomic E-state index is -0.493. The van der Waals surface area contributed by atoms with Crippen LogP contribution in [0.1, 0.15) is 30.0 Å². The van der Waals surface area contributed by atoms with Crippen LogP contribution in [0.15, 0.2) is 60.7 Å². The molecule has 1 atom stereocenters. The van der Waals surface area contributed by atoms with Gasteiger partial charge >= 0.3 is 0 Å². The molecule has 0 aromatic heterocycles.